The van der Waals surface area contributed by atoms with Gasteiger partial charge in [0.15, 0.2) is 0 Å². The number of halogens is 1. The van der Waals surface area contributed by atoms with Crippen LogP contribution < -0.4 is 5.32 Å². The summed E-state index contributed by atoms with van der Waals surface area (Å²) in [6.07, 6.45) is 3.68. The number of aromatic nitrogens is 1. The average molecular weight is 275 g/mol. The van der Waals surface area contributed by atoms with Gasteiger partial charge in [-0.1, -0.05) is 37.6 Å². The fourth-order valence-electron chi connectivity index (χ4n) is 1.97. The summed E-state index contributed by atoms with van der Waals surface area (Å²) in [5.41, 5.74) is 4.61. The molecule has 0 saturated carbocycles. The topological polar surface area (TPSA) is 24.9 Å². The third-order valence-corrected chi connectivity index (χ3v) is 3.44. The van der Waals surface area contributed by atoms with Gasteiger partial charge >= 0.3 is 0 Å². The molecule has 1 N–H and O–H groups in total. The van der Waals surface area contributed by atoms with Crippen LogP contribution in [0.3, 0.4) is 0 Å². The van der Waals surface area contributed by atoms with Crippen molar-refractivity contribution >= 4 is 11.6 Å². The Morgan fingerprint density at radius 2 is 2.05 bits per heavy atom. The zero-order valence-corrected chi connectivity index (χ0v) is 12.3. The van der Waals surface area contributed by atoms with Crippen molar-refractivity contribution in [2.24, 2.45) is 0 Å². The summed E-state index contributed by atoms with van der Waals surface area (Å²) >= 11 is 6.36. The predicted molar refractivity (Wildman–Crippen MR) is 81.4 cm³/mol. The van der Waals surface area contributed by atoms with Gasteiger partial charge in [0.25, 0.3) is 0 Å². The molecular weight excluding hydrogens is 256 g/mol. The SMILES string of the molecule is Cc1cnccc1-c1ccc(CNC(C)C)c(Cl)c1. The van der Waals surface area contributed by atoms with Crippen molar-refractivity contribution in [2.75, 3.05) is 0 Å². The van der Waals surface area contributed by atoms with E-state index >= 15 is 0 Å². The molecule has 0 aliphatic carbocycles. The number of aryl methyl sites for hydroxylation is 1. The van der Waals surface area contributed by atoms with Gasteiger partial charge in [-0.2, -0.15) is 0 Å². The van der Waals surface area contributed by atoms with Gasteiger partial charge in [-0.3, -0.25) is 4.98 Å². The van der Waals surface area contributed by atoms with Crippen molar-refractivity contribution in [2.45, 2.75) is 33.4 Å². The molecule has 1 heterocycles. The summed E-state index contributed by atoms with van der Waals surface area (Å²) in [5.74, 6) is 0. The first kappa shape index (κ1) is 14.0. The maximum Gasteiger partial charge on any atom is 0.0457 e. The molecule has 0 saturated heterocycles. The number of pyridine rings is 1. The number of benzene rings is 1. The van der Waals surface area contributed by atoms with E-state index in [2.05, 4.69) is 43.2 Å². The summed E-state index contributed by atoms with van der Waals surface area (Å²) < 4.78 is 0. The smallest absolute Gasteiger partial charge is 0.0457 e. The van der Waals surface area contributed by atoms with Gasteiger partial charge in [0.05, 0.1) is 0 Å². The molecule has 1 aromatic heterocycles. The fourth-order valence-corrected chi connectivity index (χ4v) is 2.22. The van der Waals surface area contributed by atoms with Crippen LogP contribution in [0.5, 0.6) is 0 Å². The average Bonchev–Trinajstić information content (AvgIpc) is 2.37. The molecule has 100 valence electrons. The third kappa shape index (κ3) is 3.55. The maximum atomic E-state index is 6.36. The van der Waals surface area contributed by atoms with Crippen LogP contribution in [0.25, 0.3) is 11.1 Å². The summed E-state index contributed by atoms with van der Waals surface area (Å²) in [6.45, 7) is 7.11. The second kappa shape index (κ2) is 6.18. The lowest BCUT2D eigenvalue weighted by atomic mass is 10.0. The van der Waals surface area contributed by atoms with Crippen molar-refractivity contribution in [3.63, 3.8) is 0 Å². The predicted octanol–water partition coefficient (Wildman–Crippen LogP) is 4.21. The Morgan fingerprint density at radius 1 is 1.26 bits per heavy atom. The van der Waals surface area contributed by atoms with Gasteiger partial charge in [-0.05, 0) is 41.3 Å². The molecule has 19 heavy (non-hydrogen) atoms. The van der Waals surface area contributed by atoms with Crippen LogP contribution in [-0.4, -0.2) is 11.0 Å². The van der Waals surface area contributed by atoms with E-state index in [0.29, 0.717) is 6.04 Å². The van der Waals surface area contributed by atoms with Crippen LogP contribution in [0.15, 0.2) is 36.7 Å². The zero-order chi connectivity index (χ0) is 13.8. The molecule has 0 atom stereocenters. The van der Waals surface area contributed by atoms with E-state index in [9.17, 15) is 0 Å². The first-order valence-electron chi connectivity index (χ1n) is 6.50. The minimum absolute atomic E-state index is 0.457. The molecule has 0 fully saturated rings. The largest absolute Gasteiger partial charge is 0.310 e. The molecular formula is C16H19ClN2. The van der Waals surface area contributed by atoms with E-state index in [1.807, 2.05) is 24.5 Å². The van der Waals surface area contributed by atoms with E-state index in [1.54, 1.807) is 0 Å². The Hall–Kier alpha value is -1.38. The monoisotopic (exact) mass is 274 g/mol. The van der Waals surface area contributed by atoms with Gasteiger partial charge in [0.2, 0.25) is 0 Å². The molecule has 0 aliphatic rings. The zero-order valence-electron chi connectivity index (χ0n) is 11.6. The van der Waals surface area contributed by atoms with Crippen LogP contribution >= 0.6 is 11.6 Å². The summed E-state index contributed by atoms with van der Waals surface area (Å²) in [6, 6.07) is 8.71. The van der Waals surface area contributed by atoms with Crippen molar-refractivity contribution < 1.29 is 0 Å². The third-order valence-electron chi connectivity index (χ3n) is 3.09. The van der Waals surface area contributed by atoms with E-state index in [4.69, 9.17) is 11.6 Å². The lowest BCUT2D eigenvalue weighted by Gasteiger charge is -2.11. The summed E-state index contributed by atoms with van der Waals surface area (Å²) in [7, 11) is 0. The highest BCUT2D eigenvalue weighted by Crippen LogP contribution is 2.27. The van der Waals surface area contributed by atoms with E-state index in [0.717, 1.165) is 28.3 Å². The lowest BCUT2D eigenvalue weighted by Crippen LogP contribution is -2.21. The molecule has 0 spiro atoms. The molecule has 0 radical (unpaired) electrons. The Balaban J connectivity index is 2.26. The number of hydrogen-bond donors (Lipinski definition) is 1. The van der Waals surface area contributed by atoms with Crippen molar-refractivity contribution in [3.05, 3.63) is 52.8 Å². The van der Waals surface area contributed by atoms with Gasteiger partial charge in [0, 0.05) is 30.0 Å². The Labute approximate surface area is 119 Å². The first-order valence-corrected chi connectivity index (χ1v) is 6.88. The fraction of sp³-hybridized carbons (Fsp3) is 0.312. The number of nitrogens with zero attached hydrogens (tertiary/aromatic N) is 1. The molecule has 2 nitrogen and oxygen atoms in total. The molecule has 0 aliphatic heterocycles. The number of nitrogens with one attached hydrogen (secondary N) is 1. The van der Waals surface area contributed by atoms with Gasteiger partial charge in [-0.15, -0.1) is 0 Å². The maximum absolute atomic E-state index is 6.36. The lowest BCUT2D eigenvalue weighted by molar-refractivity contribution is 0.589. The minimum Gasteiger partial charge on any atom is -0.310 e. The van der Waals surface area contributed by atoms with E-state index in [-0.39, 0.29) is 0 Å². The van der Waals surface area contributed by atoms with Crippen molar-refractivity contribution in [1.82, 2.24) is 10.3 Å². The second-order valence-electron chi connectivity index (χ2n) is 5.03. The second-order valence-corrected chi connectivity index (χ2v) is 5.44. The van der Waals surface area contributed by atoms with Crippen LogP contribution in [0.4, 0.5) is 0 Å². The first-order chi connectivity index (χ1) is 9.08. The van der Waals surface area contributed by atoms with Crippen LogP contribution in [0.1, 0.15) is 25.0 Å². The molecule has 0 bridgehead atoms. The van der Waals surface area contributed by atoms with E-state index < -0.39 is 0 Å². The molecule has 2 rings (SSSR count). The molecule has 1 aromatic carbocycles. The number of hydrogen-bond acceptors (Lipinski definition) is 2. The van der Waals surface area contributed by atoms with E-state index in [1.165, 1.54) is 5.56 Å². The molecule has 0 amide bonds. The normalized spacial score (nSPS) is 11.0. The number of rotatable bonds is 4. The van der Waals surface area contributed by atoms with Gasteiger partial charge < -0.3 is 5.32 Å². The molecule has 2 aromatic rings. The van der Waals surface area contributed by atoms with Crippen LogP contribution in [0, 0.1) is 6.92 Å². The van der Waals surface area contributed by atoms with Crippen molar-refractivity contribution in [1.29, 1.82) is 0 Å². The summed E-state index contributed by atoms with van der Waals surface area (Å²) in [4.78, 5) is 4.12. The highest BCUT2D eigenvalue weighted by Gasteiger charge is 2.06. The van der Waals surface area contributed by atoms with Gasteiger partial charge in [-0.25, -0.2) is 0 Å². The Bertz CT molecular complexity index is 564. The Morgan fingerprint density at radius 3 is 2.68 bits per heavy atom. The summed E-state index contributed by atoms with van der Waals surface area (Å²) in [5, 5.41) is 4.19. The highest BCUT2D eigenvalue weighted by atomic mass is 35.5. The van der Waals surface area contributed by atoms with Crippen LogP contribution in [0.2, 0.25) is 5.02 Å². The minimum atomic E-state index is 0.457. The van der Waals surface area contributed by atoms with Crippen molar-refractivity contribution in [3.8, 4) is 11.1 Å². The quantitative estimate of drug-likeness (QED) is 0.903. The Kier molecular flexibility index (Phi) is 4.56. The molecule has 0 unspecified atom stereocenters. The highest BCUT2D eigenvalue weighted by molar-refractivity contribution is 6.31. The standard InChI is InChI=1S/C16H19ClN2/c1-11(2)19-10-14-5-4-13(8-16(14)17)15-6-7-18-9-12(15)3/h4-9,11,19H,10H2,1-3H3. The van der Waals surface area contributed by atoms with Crippen LogP contribution in [-0.2, 0) is 6.54 Å². The molecule has 3 heteroatoms. The van der Waals surface area contributed by atoms with Gasteiger partial charge in [0.1, 0.15) is 0 Å².